The number of rotatable bonds is 1. The number of nitrogens with zero attached hydrogens (tertiary/aromatic N) is 1. The molecule has 0 saturated carbocycles. The number of nitrogen functional groups attached to an aromatic ring is 1. The van der Waals surface area contributed by atoms with Gasteiger partial charge in [-0.15, -0.1) is 11.3 Å². The van der Waals surface area contributed by atoms with E-state index in [4.69, 9.17) is 15.6 Å². The van der Waals surface area contributed by atoms with Crippen molar-refractivity contribution in [2.75, 3.05) is 5.73 Å². The molecule has 4 nitrogen and oxygen atoms in total. The summed E-state index contributed by atoms with van der Waals surface area (Å²) in [5, 5.41) is 8.90. The monoisotopic (exact) mass is 222 g/mol. The highest BCUT2D eigenvalue weighted by atomic mass is 32.1. The fourth-order valence-corrected chi connectivity index (χ4v) is 2.05. The molecule has 5 heteroatoms. The molecule has 0 unspecified atom stereocenters. The van der Waals surface area contributed by atoms with E-state index in [1.165, 1.54) is 0 Å². The molecule has 2 rings (SSSR count). The second-order valence-corrected chi connectivity index (χ2v) is 3.46. The fraction of sp³-hybridized carbons (Fsp3) is 0. The molecule has 0 amide bonds. The minimum atomic E-state index is -0.250. The summed E-state index contributed by atoms with van der Waals surface area (Å²) >= 11 is 1.61. The SMILES string of the molecule is C=Cc1csc2c(N)ccnc12.O=CO. The molecule has 2 heterocycles. The number of aromatic nitrogens is 1. The molecule has 0 saturated heterocycles. The Bertz CT molecular complexity index is 479. The second kappa shape index (κ2) is 5.11. The van der Waals surface area contributed by atoms with Crippen LogP contribution in [0.15, 0.2) is 24.2 Å². The van der Waals surface area contributed by atoms with Crippen LogP contribution in [0.3, 0.4) is 0 Å². The number of carbonyl (C=O) groups is 1. The number of pyridine rings is 1. The molecule has 0 bridgehead atoms. The predicted octanol–water partition coefficient (Wildman–Crippen LogP) is 2.22. The van der Waals surface area contributed by atoms with Gasteiger partial charge in [0.2, 0.25) is 0 Å². The van der Waals surface area contributed by atoms with E-state index < -0.39 is 0 Å². The molecule has 0 aliphatic rings. The average molecular weight is 222 g/mol. The molecule has 0 radical (unpaired) electrons. The normalized spacial score (nSPS) is 9.07. The topological polar surface area (TPSA) is 76.2 Å². The van der Waals surface area contributed by atoms with Crippen molar-refractivity contribution >= 4 is 39.8 Å². The maximum Gasteiger partial charge on any atom is 0.290 e. The van der Waals surface area contributed by atoms with Gasteiger partial charge in [0.15, 0.2) is 0 Å². The molecule has 0 aliphatic heterocycles. The Morgan fingerprint density at radius 2 is 2.27 bits per heavy atom. The summed E-state index contributed by atoms with van der Waals surface area (Å²) in [6, 6.07) is 1.81. The third kappa shape index (κ3) is 2.32. The van der Waals surface area contributed by atoms with Gasteiger partial charge in [-0.2, -0.15) is 0 Å². The molecule has 3 N–H and O–H groups in total. The number of hydrogen-bond donors (Lipinski definition) is 2. The van der Waals surface area contributed by atoms with Crippen LogP contribution in [0.1, 0.15) is 5.56 Å². The molecular formula is C10H10N2O2S. The van der Waals surface area contributed by atoms with Gasteiger partial charge in [0.1, 0.15) is 0 Å². The summed E-state index contributed by atoms with van der Waals surface area (Å²) in [5.41, 5.74) is 8.56. The molecule has 0 aliphatic carbocycles. The average Bonchev–Trinajstić information content (AvgIpc) is 2.63. The van der Waals surface area contributed by atoms with Gasteiger partial charge in [0.05, 0.1) is 15.9 Å². The van der Waals surface area contributed by atoms with Gasteiger partial charge in [-0.25, -0.2) is 0 Å². The van der Waals surface area contributed by atoms with Crippen LogP contribution in [0.4, 0.5) is 5.69 Å². The summed E-state index contributed by atoms with van der Waals surface area (Å²) in [6.07, 6.45) is 3.52. The van der Waals surface area contributed by atoms with E-state index in [0.29, 0.717) is 0 Å². The van der Waals surface area contributed by atoms with Gasteiger partial charge in [-0.05, 0) is 6.07 Å². The van der Waals surface area contributed by atoms with E-state index in [-0.39, 0.29) is 6.47 Å². The molecule has 0 aromatic carbocycles. The number of anilines is 1. The highest BCUT2D eigenvalue weighted by molar-refractivity contribution is 7.18. The summed E-state index contributed by atoms with van der Waals surface area (Å²) in [7, 11) is 0. The van der Waals surface area contributed by atoms with Crippen molar-refractivity contribution in [2.45, 2.75) is 0 Å². The van der Waals surface area contributed by atoms with Crippen molar-refractivity contribution in [1.82, 2.24) is 4.98 Å². The predicted molar refractivity (Wildman–Crippen MR) is 62.8 cm³/mol. The van der Waals surface area contributed by atoms with Crippen molar-refractivity contribution in [3.05, 3.63) is 29.8 Å². The van der Waals surface area contributed by atoms with E-state index in [9.17, 15) is 0 Å². The number of carboxylic acid groups (broad SMARTS) is 1. The first-order valence-electron chi connectivity index (χ1n) is 4.06. The van der Waals surface area contributed by atoms with Gasteiger partial charge in [0.25, 0.3) is 6.47 Å². The minimum absolute atomic E-state index is 0.250. The van der Waals surface area contributed by atoms with E-state index in [0.717, 1.165) is 21.5 Å². The zero-order valence-corrected chi connectivity index (χ0v) is 8.70. The summed E-state index contributed by atoms with van der Waals surface area (Å²) in [5.74, 6) is 0. The highest BCUT2D eigenvalue weighted by Crippen LogP contribution is 2.28. The van der Waals surface area contributed by atoms with Crippen LogP contribution in [-0.4, -0.2) is 16.6 Å². The fourth-order valence-electron chi connectivity index (χ4n) is 1.12. The number of nitrogens with two attached hydrogens (primary N) is 1. The van der Waals surface area contributed by atoms with Crippen LogP contribution < -0.4 is 5.73 Å². The Morgan fingerprint density at radius 3 is 2.87 bits per heavy atom. The number of hydrogen-bond acceptors (Lipinski definition) is 4. The van der Waals surface area contributed by atoms with Gasteiger partial charge in [-0.1, -0.05) is 12.7 Å². The van der Waals surface area contributed by atoms with Crippen molar-refractivity contribution < 1.29 is 9.90 Å². The van der Waals surface area contributed by atoms with Crippen LogP contribution in [0, 0.1) is 0 Å². The van der Waals surface area contributed by atoms with Crippen LogP contribution >= 0.6 is 11.3 Å². The largest absolute Gasteiger partial charge is 0.483 e. The first-order valence-corrected chi connectivity index (χ1v) is 4.94. The lowest BCUT2D eigenvalue weighted by molar-refractivity contribution is -0.122. The first kappa shape index (κ1) is 11.2. The van der Waals surface area contributed by atoms with E-state index in [1.54, 1.807) is 23.6 Å². The summed E-state index contributed by atoms with van der Waals surface area (Å²) in [6.45, 7) is 3.46. The maximum atomic E-state index is 8.36. The van der Waals surface area contributed by atoms with E-state index in [1.807, 2.05) is 11.4 Å². The molecule has 0 fully saturated rings. The maximum absolute atomic E-state index is 8.36. The molecule has 15 heavy (non-hydrogen) atoms. The van der Waals surface area contributed by atoms with Crippen LogP contribution in [0.25, 0.3) is 16.3 Å². The zero-order chi connectivity index (χ0) is 11.3. The van der Waals surface area contributed by atoms with Gasteiger partial charge < -0.3 is 10.8 Å². The van der Waals surface area contributed by atoms with E-state index >= 15 is 0 Å². The van der Waals surface area contributed by atoms with E-state index in [2.05, 4.69) is 11.6 Å². The summed E-state index contributed by atoms with van der Waals surface area (Å²) < 4.78 is 1.05. The van der Waals surface area contributed by atoms with Gasteiger partial charge >= 0.3 is 0 Å². The van der Waals surface area contributed by atoms with Gasteiger partial charge in [-0.3, -0.25) is 9.78 Å². The Kier molecular flexibility index (Phi) is 3.82. The second-order valence-electron chi connectivity index (χ2n) is 2.58. The Morgan fingerprint density at radius 1 is 1.60 bits per heavy atom. The lowest BCUT2D eigenvalue weighted by Crippen LogP contribution is -1.85. The standard InChI is InChI=1S/C9H8N2S.CH2O2/c1-2-6-5-12-9-7(10)3-4-11-8(6)9;2-1-3/h2-5H,1H2,(H2,10,11);1H,(H,2,3). The van der Waals surface area contributed by atoms with Crippen molar-refractivity contribution in [3.8, 4) is 0 Å². The van der Waals surface area contributed by atoms with Crippen molar-refractivity contribution in [2.24, 2.45) is 0 Å². The molecule has 78 valence electrons. The summed E-state index contributed by atoms with van der Waals surface area (Å²) in [4.78, 5) is 12.6. The number of thiophene rings is 1. The van der Waals surface area contributed by atoms with Gasteiger partial charge in [0, 0.05) is 17.1 Å². The molecular weight excluding hydrogens is 212 g/mol. The molecule has 0 spiro atoms. The molecule has 0 atom stereocenters. The van der Waals surface area contributed by atoms with Crippen LogP contribution in [-0.2, 0) is 4.79 Å². The Balaban J connectivity index is 0.000000337. The highest BCUT2D eigenvalue weighted by Gasteiger charge is 2.03. The first-order chi connectivity index (χ1) is 7.24. The minimum Gasteiger partial charge on any atom is -0.483 e. The Hall–Kier alpha value is -1.88. The van der Waals surface area contributed by atoms with Crippen LogP contribution in [0.2, 0.25) is 0 Å². The van der Waals surface area contributed by atoms with Crippen molar-refractivity contribution in [1.29, 1.82) is 0 Å². The molecule has 2 aromatic rings. The smallest absolute Gasteiger partial charge is 0.290 e. The lowest BCUT2D eigenvalue weighted by Gasteiger charge is -1.93. The third-order valence-corrected chi connectivity index (χ3v) is 2.77. The van der Waals surface area contributed by atoms with Crippen molar-refractivity contribution in [3.63, 3.8) is 0 Å². The number of fused-ring (bicyclic) bond motifs is 1. The lowest BCUT2D eigenvalue weighted by atomic mass is 10.2. The zero-order valence-electron chi connectivity index (χ0n) is 7.88. The third-order valence-electron chi connectivity index (χ3n) is 1.73. The molecule has 2 aromatic heterocycles. The van der Waals surface area contributed by atoms with Crippen LogP contribution in [0.5, 0.6) is 0 Å². The Labute approximate surface area is 90.7 Å². The quantitative estimate of drug-likeness (QED) is 0.725.